The van der Waals surface area contributed by atoms with Crippen molar-refractivity contribution in [3.05, 3.63) is 65.2 Å². The van der Waals surface area contributed by atoms with Crippen LogP contribution in [0, 0.1) is 6.92 Å². The number of nitrogens with zero attached hydrogens (tertiary/aromatic N) is 3. The van der Waals surface area contributed by atoms with Crippen molar-refractivity contribution in [3.63, 3.8) is 0 Å². The maximum atomic E-state index is 13.1. The van der Waals surface area contributed by atoms with Crippen molar-refractivity contribution >= 4 is 23.6 Å². The highest BCUT2D eigenvalue weighted by Crippen LogP contribution is 2.24. The Hall–Kier alpha value is -2.31. The number of aryl methyl sites for hydroxylation is 1. The molecule has 0 N–H and O–H groups in total. The number of carbonyl (C=O) groups excluding carboxylic acids is 2. The number of amides is 2. The minimum atomic E-state index is 0.0435. The molecule has 1 heterocycles. The van der Waals surface area contributed by atoms with Gasteiger partial charge in [-0.15, -0.1) is 11.8 Å². The van der Waals surface area contributed by atoms with E-state index in [1.165, 1.54) is 22.9 Å². The predicted octanol–water partition coefficient (Wildman–Crippen LogP) is 3.13. The summed E-state index contributed by atoms with van der Waals surface area (Å²) in [6.07, 6.45) is 0. The van der Waals surface area contributed by atoms with Gasteiger partial charge < -0.3 is 9.80 Å². The molecule has 0 atom stereocenters. The Labute approximate surface area is 177 Å². The zero-order valence-corrected chi connectivity index (χ0v) is 18.2. The number of hydrogen-bond donors (Lipinski definition) is 0. The summed E-state index contributed by atoms with van der Waals surface area (Å²) >= 11 is 1.43. The lowest BCUT2D eigenvalue weighted by molar-refractivity contribution is -0.125. The third-order valence-corrected chi connectivity index (χ3v) is 6.17. The van der Waals surface area contributed by atoms with Gasteiger partial charge in [0.1, 0.15) is 0 Å². The van der Waals surface area contributed by atoms with E-state index in [2.05, 4.69) is 36.1 Å². The van der Waals surface area contributed by atoms with Crippen LogP contribution in [-0.4, -0.2) is 72.5 Å². The smallest absolute Gasteiger partial charge is 0.255 e. The molecule has 3 rings (SSSR count). The van der Waals surface area contributed by atoms with E-state index < -0.39 is 0 Å². The number of piperazine rings is 1. The summed E-state index contributed by atoms with van der Waals surface area (Å²) < 4.78 is 0. The fraction of sp³-hybridized carbons (Fsp3) is 0.391. The molecule has 0 aliphatic carbocycles. The Bertz CT molecular complexity index is 861. The summed E-state index contributed by atoms with van der Waals surface area (Å²) in [6, 6.07) is 16.2. The van der Waals surface area contributed by atoms with Gasteiger partial charge in [0.15, 0.2) is 0 Å². The van der Waals surface area contributed by atoms with E-state index in [0.717, 1.165) is 37.6 Å². The second kappa shape index (κ2) is 9.94. The molecule has 154 valence electrons. The fourth-order valence-electron chi connectivity index (χ4n) is 3.39. The zero-order valence-electron chi connectivity index (χ0n) is 17.4. The quantitative estimate of drug-likeness (QED) is 0.685. The SMILES string of the molecule is Cc1cccc(CN2CCN(C(=O)c3ccccc3SCC(=O)N(C)C)CC2)c1. The van der Waals surface area contributed by atoms with Crippen LogP contribution in [0.5, 0.6) is 0 Å². The van der Waals surface area contributed by atoms with Gasteiger partial charge in [-0.25, -0.2) is 0 Å². The van der Waals surface area contributed by atoms with Gasteiger partial charge in [-0.3, -0.25) is 14.5 Å². The van der Waals surface area contributed by atoms with Crippen LogP contribution in [0.15, 0.2) is 53.4 Å². The summed E-state index contributed by atoms with van der Waals surface area (Å²) in [5, 5.41) is 0. The first kappa shape index (κ1) is 21.4. The molecule has 0 radical (unpaired) electrons. The number of carbonyl (C=O) groups is 2. The number of hydrogen-bond acceptors (Lipinski definition) is 4. The van der Waals surface area contributed by atoms with Crippen molar-refractivity contribution in [2.45, 2.75) is 18.4 Å². The zero-order chi connectivity index (χ0) is 20.8. The van der Waals surface area contributed by atoms with Crippen LogP contribution in [-0.2, 0) is 11.3 Å². The molecule has 29 heavy (non-hydrogen) atoms. The number of rotatable bonds is 6. The Morgan fingerprint density at radius 3 is 2.41 bits per heavy atom. The maximum Gasteiger partial charge on any atom is 0.255 e. The monoisotopic (exact) mass is 411 g/mol. The van der Waals surface area contributed by atoms with Crippen LogP contribution >= 0.6 is 11.8 Å². The van der Waals surface area contributed by atoms with Crippen molar-refractivity contribution in [2.75, 3.05) is 46.0 Å². The van der Waals surface area contributed by atoms with E-state index in [-0.39, 0.29) is 11.8 Å². The van der Waals surface area contributed by atoms with E-state index in [0.29, 0.717) is 11.3 Å². The Balaban J connectivity index is 1.58. The van der Waals surface area contributed by atoms with Crippen molar-refractivity contribution in [2.24, 2.45) is 0 Å². The van der Waals surface area contributed by atoms with Crippen molar-refractivity contribution in [1.82, 2.24) is 14.7 Å². The van der Waals surface area contributed by atoms with E-state index >= 15 is 0 Å². The topological polar surface area (TPSA) is 43.9 Å². The average Bonchev–Trinajstić information content (AvgIpc) is 2.72. The fourth-order valence-corrected chi connectivity index (χ4v) is 4.41. The largest absolute Gasteiger partial charge is 0.348 e. The third kappa shape index (κ3) is 5.84. The molecule has 2 amide bonds. The molecule has 0 aromatic heterocycles. The van der Waals surface area contributed by atoms with Gasteiger partial charge in [-0.05, 0) is 24.6 Å². The lowest BCUT2D eigenvalue weighted by atomic mass is 10.1. The lowest BCUT2D eigenvalue weighted by Gasteiger charge is -2.35. The molecular formula is C23H29N3O2S. The summed E-state index contributed by atoms with van der Waals surface area (Å²) in [7, 11) is 3.49. The summed E-state index contributed by atoms with van der Waals surface area (Å²) in [5.74, 6) is 0.435. The van der Waals surface area contributed by atoms with Crippen molar-refractivity contribution in [1.29, 1.82) is 0 Å². The molecule has 0 saturated carbocycles. The summed E-state index contributed by atoms with van der Waals surface area (Å²) in [6.45, 7) is 6.22. The lowest BCUT2D eigenvalue weighted by Crippen LogP contribution is -2.48. The van der Waals surface area contributed by atoms with Gasteiger partial charge in [-0.1, -0.05) is 42.0 Å². The maximum absolute atomic E-state index is 13.1. The first-order valence-electron chi connectivity index (χ1n) is 9.93. The highest BCUT2D eigenvalue weighted by Gasteiger charge is 2.24. The highest BCUT2D eigenvalue weighted by atomic mass is 32.2. The molecule has 1 aliphatic heterocycles. The van der Waals surface area contributed by atoms with E-state index in [4.69, 9.17) is 0 Å². The van der Waals surface area contributed by atoms with Gasteiger partial charge >= 0.3 is 0 Å². The molecular weight excluding hydrogens is 382 g/mol. The van der Waals surface area contributed by atoms with Crippen LogP contribution in [0.4, 0.5) is 0 Å². The molecule has 0 unspecified atom stereocenters. The molecule has 2 aromatic carbocycles. The molecule has 1 fully saturated rings. The minimum absolute atomic E-state index is 0.0435. The molecule has 1 aliphatic rings. The molecule has 6 heteroatoms. The van der Waals surface area contributed by atoms with Crippen molar-refractivity contribution < 1.29 is 9.59 Å². The van der Waals surface area contributed by atoms with E-state index in [9.17, 15) is 9.59 Å². The molecule has 5 nitrogen and oxygen atoms in total. The van der Waals surface area contributed by atoms with Crippen LogP contribution in [0.1, 0.15) is 21.5 Å². The Morgan fingerprint density at radius 2 is 1.72 bits per heavy atom. The first-order chi connectivity index (χ1) is 13.9. The van der Waals surface area contributed by atoms with E-state index in [1.807, 2.05) is 29.2 Å². The third-order valence-electron chi connectivity index (χ3n) is 5.12. The Kier molecular flexibility index (Phi) is 7.34. The molecule has 2 aromatic rings. The average molecular weight is 412 g/mol. The van der Waals surface area contributed by atoms with Gasteiger partial charge in [-0.2, -0.15) is 0 Å². The number of thioether (sulfide) groups is 1. The second-order valence-corrected chi connectivity index (χ2v) is 8.65. The second-order valence-electron chi connectivity index (χ2n) is 7.63. The van der Waals surface area contributed by atoms with Crippen LogP contribution in [0.3, 0.4) is 0 Å². The van der Waals surface area contributed by atoms with Crippen LogP contribution < -0.4 is 0 Å². The number of benzene rings is 2. The van der Waals surface area contributed by atoms with Crippen LogP contribution in [0.2, 0.25) is 0 Å². The van der Waals surface area contributed by atoms with Gasteiger partial charge in [0, 0.05) is 51.7 Å². The molecule has 1 saturated heterocycles. The Morgan fingerprint density at radius 1 is 1.00 bits per heavy atom. The van der Waals surface area contributed by atoms with Crippen molar-refractivity contribution in [3.8, 4) is 0 Å². The van der Waals surface area contributed by atoms with Gasteiger partial charge in [0.05, 0.1) is 11.3 Å². The molecule has 0 spiro atoms. The standard InChI is InChI=1S/C23H29N3O2S/c1-18-7-6-8-19(15-18)16-25-11-13-26(14-12-25)23(28)20-9-4-5-10-21(20)29-17-22(27)24(2)3/h4-10,15H,11-14,16-17H2,1-3H3. The normalized spacial score (nSPS) is 14.7. The van der Waals surface area contributed by atoms with Gasteiger partial charge in [0.2, 0.25) is 5.91 Å². The minimum Gasteiger partial charge on any atom is -0.348 e. The highest BCUT2D eigenvalue weighted by molar-refractivity contribution is 8.00. The summed E-state index contributed by atoms with van der Waals surface area (Å²) in [5.41, 5.74) is 3.28. The molecule has 0 bridgehead atoms. The van der Waals surface area contributed by atoms with E-state index in [1.54, 1.807) is 19.0 Å². The summed E-state index contributed by atoms with van der Waals surface area (Å²) in [4.78, 5) is 31.8. The van der Waals surface area contributed by atoms with Gasteiger partial charge in [0.25, 0.3) is 5.91 Å². The first-order valence-corrected chi connectivity index (χ1v) is 10.9. The van der Waals surface area contributed by atoms with Crippen LogP contribution in [0.25, 0.3) is 0 Å². The predicted molar refractivity (Wildman–Crippen MR) is 118 cm³/mol.